The number of hydrogen-bond acceptors (Lipinski definition) is 3. The summed E-state index contributed by atoms with van der Waals surface area (Å²) in [6, 6.07) is -0.0293. The largest absolute Gasteiger partial charge is 0.396 e. The summed E-state index contributed by atoms with van der Waals surface area (Å²) in [4.78, 5) is 12.1. The third-order valence-electron chi connectivity index (χ3n) is 4.36. The Morgan fingerprint density at radius 1 is 1.55 bits per heavy atom. The van der Waals surface area contributed by atoms with Crippen LogP contribution >= 0.6 is 0 Å². The van der Waals surface area contributed by atoms with Crippen LogP contribution in [0.15, 0.2) is 0 Å². The number of carbonyl (C=O) groups is 1. The molecule has 5 nitrogen and oxygen atoms in total. The summed E-state index contributed by atoms with van der Waals surface area (Å²) in [5.74, 6) is 0. The third kappa shape index (κ3) is 4.94. The van der Waals surface area contributed by atoms with Gasteiger partial charge in [0.2, 0.25) is 0 Å². The van der Waals surface area contributed by atoms with Crippen LogP contribution in [0.3, 0.4) is 0 Å². The molecular formula is C15H30N2O3. The molecule has 1 aliphatic rings. The van der Waals surface area contributed by atoms with Gasteiger partial charge in [-0.3, -0.25) is 0 Å². The molecule has 1 fully saturated rings. The Balaban J connectivity index is 2.44. The maximum atomic E-state index is 12.1. The molecule has 0 saturated heterocycles. The van der Waals surface area contributed by atoms with Crippen LogP contribution in [-0.2, 0) is 4.74 Å². The van der Waals surface area contributed by atoms with E-state index in [2.05, 4.69) is 17.6 Å². The number of ether oxygens (including phenoxy) is 1. The minimum Gasteiger partial charge on any atom is -0.396 e. The molecule has 0 bridgehead atoms. The van der Waals surface area contributed by atoms with Gasteiger partial charge in [-0.15, -0.1) is 0 Å². The molecule has 0 aromatic carbocycles. The summed E-state index contributed by atoms with van der Waals surface area (Å²) in [7, 11) is 1.65. The number of unbranched alkanes of at least 4 members (excludes halogenated alkanes) is 1. The number of rotatable bonds is 8. The summed E-state index contributed by atoms with van der Waals surface area (Å²) in [6.07, 6.45) is 6.07. The zero-order valence-corrected chi connectivity index (χ0v) is 13.1. The van der Waals surface area contributed by atoms with Crippen molar-refractivity contribution in [3.05, 3.63) is 0 Å². The van der Waals surface area contributed by atoms with Crippen LogP contribution in [0.1, 0.15) is 52.4 Å². The highest BCUT2D eigenvalue weighted by molar-refractivity contribution is 5.74. The Bertz CT molecular complexity index is 299. The van der Waals surface area contributed by atoms with Gasteiger partial charge in [-0.1, -0.05) is 33.1 Å². The highest BCUT2D eigenvalue weighted by Crippen LogP contribution is 2.37. The fourth-order valence-corrected chi connectivity index (χ4v) is 2.90. The second-order valence-corrected chi connectivity index (χ2v) is 6.17. The van der Waals surface area contributed by atoms with Gasteiger partial charge in [0.1, 0.15) is 0 Å². The molecule has 118 valence electrons. The molecule has 0 heterocycles. The lowest BCUT2D eigenvalue weighted by atomic mass is 9.86. The summed E-state index contributed by atoms with van der Waals surface area (Å²) in [5.41, 5.74) is -0.183. The first-order valence-corrected chi connectivity index (χ1v) is 7.72. The number of hydrogen-bond donors (Lipinski definition) is 3. The number of aliphatic hydroxyl groups is 1. The predicted octanol–water partition coefficient (Wildman–Crippen LogP) is 2.04. The lowest BCUT2D eigenvalue weighted by Crippen LogP contribution is -2.51. The standard InChI is InChI=1S/C15H30N2O3/c1-4-5-7-12(10-20-3)16-14(19)17-13-8-6-9-15(13,2)11-18/h12-13,18H,4-11H2,1-3H3,(H2,16,17,19). The van der Waals surface area contributed by atoms with Crippen molar-refractivity contribution in [2.45, 2.75) is 64.5 Å². The van der Waals surface area contributed by atoms with E-state index >= 15 is 0 Å². The topological polar surface area (TPSA) is 70.6 Å². The summed E-state index contributed by atoms with van der Waals surface area (Å²) in [6.45, 7) is 4.83. The van der Waals surface area contributed by atoms with Crippen LogP contribution in [0.25, 0.3) is 0 Å². The van der Waals surface area contributed by atoms with Crippen LogP contribution in [0, 0.1) is 5.41 Å². The first kappa shape index (κ1) is 17.2. The van der Waals surface area contributed by atoms with E-state index in [9.17, 15) is 9.90 Å². The van der Waals surface area contributed by atoms with Crippen molar-refractivity contribution < 1.29 is 14.6 Å². The zero-order chi connectivity index (χ0) is 15.0. The summed E-state index contributed by atoms with van der Waals surface area (Å²) >= 11 is 0. The first-order valence-electron chi connectivity index (χ1n) is 7.72. The molecule has 0 radical (unpaired) electrons. The molecule has 0 aliphatic heterocycles. The lowest BCUT2D eigenvalue weighted by molar-refractivity contribution is 0.119. The molecule has 0 aromatic heterocycles. The Hall–Kier alpha value is -0.810. The molecule has 3 N–H and O–H groups in total. The SMILES string of the molecule is CCCCC(COC)NC(=O)NC1CCCC1(C)CO. The number of nitrogens with one attached hydrogen (secondary N) is 2. The molecule has 1 saturated carbocycles. The van der Waals surface area contributed by atoms with Gasteiger partial charge in [0.15, 0.2) is 0 Å². The smallest absolute Gasteiger partial charge is 0.315 e. The predicted molar refractivity (Wildman–Crippen MR) is 79.7 cm³/mol. The van der Waals surface area contributed by atoms with E-state index in [1.54, 1.807) is 7.11 Å². The Morgan fingerprint density at radius 3 is 2.90 bits per heavy atom. The quantitative estimate of drug-likeness (QED) is 0.639. The average molecular weight is 286 g/mol. The van der Waals surface area contributed by atoms with Crippen LogP contribution in [0.2, 0.25) is 0 Å². The van der Waals surface area contributed by atoms with Gasteiger partial charge >= 0.3 is 6.03 Å². The van der Waals surface area contributed by atoms with Crippen molar-refractivity contribution in [3.8, 4) is 0 Å². The van der Waals surface area contributed by atoms with E-state index in [1.807, 2.05) is 6.92 Å². The fourth-order valence-electron chi connectivity index (χ4n) is 2.90. The molecule has 3 atom stereocenters. The molecule has 0 spiro atoms. The number of urea groups is 1. The van der Waals surface area contributed by atoms with E-state index in [0.717, 1.165) is 38.5 Å². The molecule has 1 aliphatic carbocycles. The van der Waals surface area contributed by atoms with Gasteiger partial charge in [-0.05, 0) is 19.3 Å². The zero-order valence-electron chi connectivity index (χ0n) is 13.1. The van der Waals surface area contributed by atoms with Crippen molar-refractivity contribution in [3.63, 3.8) is 0 Å². The van der Waals surface area contributed by atoms with Crippen LogP contribution < -0.4 is 10.6 Å². The van der Waals surface area contributed by atoms with Crippen molar-refractivity contribution >= 4 is 6.03 Å². The maximum absolute atomic E-state index is 12.1. The van der Waals surface area contributed by atoms with E-state index in [1.165, 1.54) is 0 Å². The van der Waals surface area contributed by atoms with Crippen LogP contribution in [0.4, 0.5) is 4.79 Å². The molecule has 3 unspecified atom stereocenters. The maximum Gasteiger partial charge on any atom is 0.315 e. The molecule has 1 rings (SSSR count). The lowest BCUT2D eigenvalue weighted by Gasteiger charge is -2.30. The minimum atomic E-state index is -0.183. The minimum absolute atomic E-state index is 0.0572. The van der Waals surface area contributed by atoms with Gasteiger partial charge < -0.3 is 20.5 Å². The third-order valence-corrected chi connectivity index (χ3v) is 4.36. The molecule has 5 heteroatoms. The summed E-state index contributed by atoms with van der Waals surface area (Å²) < 4.78 is 5.15. The molecular weight excluding hydrogens is 256 g/mol. The van der Waals surface area contributed by atoms with Gasteiger partial charge in [0.05, 0.1) is 19.3 Å². The molecule has 2 amide bonds. The Kier molecular flexibility index (Phi) is 7.30. The number of aliphatic hydroxyl groups excluding tert-OH is 1. The highest BCUT2D eigenvalue weighted by Gasteiger charge is 2.39. The van der Waals surface area contributed by atoms with Gasteiger partial charge in [0.25, 0.3) is 0 Å². The Morgan fingerprint density at radius 2 is 2.30 bits per heavy atom. The average Bonchev–Trinajstić information content (AvgIpc) is 2.78. The van der Waals surface area contributed by atoms with E-state index < -0.39 is 0 Å². The normalized spacial score (nSPS) is 27.3. The van der Waals surface area contributed by atoms with Crippen molar-refractivity contribution in [2.24, 2.45) is 5.41 Å². The molecule has 0 aromatic rings. The van der Waals surface area contributed by atoms with Crippen molar-refractivity contribution in [1.82, 2.24) is 10.6 Å². The van der Waals surface area contributed by atoms with Crippen LogP contribution in [-0.4, -0.2) is 43.5 Å². The first-order chi connectivity index (χ1) is 9.55. The van der Waals surface area contributed by atoms with E-state index in [4.69, 9.17) is 4.74 Å². The van der Waals surface area contributed by atoms with Crippen molar-refractivity contribution in [1.29, 1.82) is 0 Å². The number of carbonyl (C=O) groups excluding carboxylic acids is 1. The van der Waals surface area contributed by atoms with Crippen LogP contribution in [0.5, 0.6) is 0 Å². The summed E-state index contributed by atoms with van der Waals surface area (Å²) in [5, 5.41) is 15.5. The molecule has 20 heavy (non-hydrogen) atoms. The number of amides is 2. The second-order valence-electron chi connectivity index (χ2n) is 6.17. The highest BCUT2D eigenvalue weighted by atomic mass is 16.5. The van der Waals surface area contributed by atoms with E-state index in [0.29, 0.717) is 6.61 Å². The Labute approximate surface area is 122 Å². The monoisotopic (exact) mass is 286 g/mol. The van der Waals surface area contributed by atoms with Gasteiger partial charge in [-0.2, -0.15) is 0 Å². The van der Waals surface area contributed by atoms with E-state index in [-0.39, 0.29) is 30.1 Å². The van der Waals surface area contributed by atoms with Gasteiger partial charge in [0, 0.05) is 18.6 Å². The fraction of sp³-hybridized carbons (Fsp3) is 0.933. The van der Waals surface area contributed by atoms with Gasteiger partial charge in [-0.25, -0.2) is 4.79 Å². The van der Waals surface area contributed by atoms with Crippen molar-refractivity contribution in [2.75, 3.05) is 20.3 Å². The second kappa shape index (κ2) is 8.47. The number of methoxy groups -OCH3 is 1.